The fourth-order valence-corrected chi connectivity index (χ4v) is 1.92. The van der Waals surface area contributed by atoms with Crippen LogP contribution in [0.1, 0.15) is 18.9 Å². The van der Waals surface area contributed by atoms with E-state index in [0.29, 0.717) is 0 Å². The molecule has 2 heterocycles. The molecule has 0 saturated heterocycles. The van der Waals surface area contributed by atoms with Gasteiger partial charge in [-0.1, -0.05) is 6.92 Å². The topological polar surface area (TPSA) is 50.7 Å². The second kappa shape index (κ2) is 5.91. The number of hydrogen-bond donors (Lipinski definition) is 1. The summed E-state index contributed by atoms with van der Waals surface area (Å²) in [6.07, 6.45) is 6.41. The van der Waals surface area contributed by atoms with E-state index in [2.05, 4.69) is 43.1 Å². The summed E-state index contributed by atoms with van der Waals surface area (Å²) < 4.78 is 0.881. The molecule has 2 rings (SSSR count). The first-order valence-corrected chi connectivity index (χ1v) is 6.69. The molecule has 0 radical (unpaired) electrons. The maximum atomic E-state index is 4.54. The number of aromatic nitrogens is 3. The van der Waals surface area contributed by atoms with Gasteiger partial charge in [0.05, 0.1) is 4.47 Å². The number of halogens is 1. The SMILES string of the molecule is CCCNc1nc(-c2ccncc2C)ncc1Br. The van der Waals surface area contributed by atoms with Crippen molar-refractivity contribution in [1.29, 1.82) is 0 Å². The van der Waals surface area contributed by atoms with E-state index in [4.69, 9.17) is 0 Å². The molecule has 0 saturated carbocycles. The molecule has 2 aromatic rings. The van der Waals surface area contributed by atoms with Gasteiger partial charge in [-0.25, -0.2) is 9.97 Å². The molecular formula is C13H15BrN4. The van der Waals surface area contributed by atoms with Gasteiger partial charge in [-0.15, -0.1) is 0 Å². The Bertz CT molecular complexity index is 542. The summed E-state index contributed by atoms with van der Waals surface area (Å²) in [4.78, 5) is 13.0. The molecule has 0 aromatic carbocycles. The first-order chi connectivity index (χ1) is 8.72. The average Bonchev–Trinajstić information content (AvgIpc) is 2.39. The molecule has 18 heavy (non-hydrogen) atoms. The first kappa shape index (κ1) is 13.0. The van der Waals surface area contributed by atoms with Crippen molar-refractivity contribution in [2.24, 2.45) is 0 Å². The Morgan fingerprint density at radius 2 is 2.17 bits per heavy atom. The minimum absolute atomic E-state index is 0.719. The molecule has 5 heteroatoms. The highest BCUT2D eigenvalue weighted by Crippen LogP contribution is 2.24. The Hall–Kier alpha value is -1.49. The summed E-state index contributed by atoms with van der Waals surface area (Å²) in [5, 5.41) is 3.28. The van der Waals surface area contributed by atoms with E-state index in [0.717, 1.165) is 40.2 Å². The fourth-order valence-electron chi connectivity index (χ4n) is 1.59. The number of nitrogens with one attached hydrogen (secondary N) is 1. The zero-order valence-corrected chi connectivity index (χ0v) is 12.0. The highest BCUT2D eigenvalue weighted by Gasteiger charge is 2.08. The lowest BCUT2D eigenvalue weighted by Crippen LogP contribution is -2.04. The normalized spacial score (nSPS) is 10.4. The number of pyridine rings is 1. The molecule has 0 unspecified atom stereocenters. The second-order valence-corrected chi connectivity index (χ2v) is 4.86. The second-order valence-electron chi connectivity index (χ2n) is 4.01. The van der Waals surface area contributed by atoms with E-state index in [1.807, 2.05) is 19.2 Å². The summed E-state index contributed by atoms with van der Waals surface area (Å²) in [6, 6.07) is 1.93. The minimum atomic E-state index is 0.719. The van der Waals surface area contributed by atoms with E-state index >= 15 is 0 Å². The van der Waals surface area contributed by atoms with Gasteiger partial charge in [-0.2, -0.15) is 0 Å². The van der Waals surface area contributed by atoms with Crippen molar-refractivity contribution < 1.29 is 0 Å². The highest BCUT2D eigenvalue weighted by atomic mass is 79.9. The Morgan fingerprint density at radius 3 is 2.89 bits per heavy atom. The molecule has 2 aromatic heterocycles. The van der Waals surface area contributed by atoms with Crippen LogP contribution in [0, 0.1) is 6.92 Å². The van der Waals surface area contributed by atoms with E-state index in [1.54, 1.807) is 12.4 Å². The van der Waals surface area contributed by atoms with Crippen LogP contribution < -0.4 is 5.32 Å². The van der Waals surface area contributed by atoms with Gasteiger partial charge in [0.2, 0.25) is 0 Å². The summed E-state index contributed by atoms with van der Waals surface area (Å²) in [5.41, 5.74) is 2.08. The molecule has 0 aliphatic heterocycles. The number of hydrogen-bond acceptors (Lipinski definition) is 4. The van der Waals surface area contributed by atoms with Gasteiger partial charge in [0.15, 0.2) is 5.82 Å². The van der Waals surface area contributed by atoms with Crippen LogP contribution >= 0.6 is 15.9 Å². The van der Waals surface area contributed by atoms with Gasteiger partial charge >= 0.3 is 0 Å². The van der Waals surface area contributed by atoms with E-state index in [-0.39, 0.29) is 0 Å². The molecule has 0 fully saturated rings. The Kier molecular flexibility index (Phi) is 4.25. The van der Waals surface area contributed by atoms with Crippen molar-refractivity contribution in [3.05, 3.63) is 34.7 Å². The first-order valence-electron chi connectivity index (χ1n) is 5.89. The summed E-state index contributed by atoms with van der Waals surface area (Å²) in [5.74, 6) is 1.55. The quantitative estimate of drug-likeness (QED) is 0.940. The van der Waals surface area contributed by atoms with Gasteiger partial charge in [0.1, 0.15) is 5.82 Å². The van der Waals surface area contributed by atoms with Crippen LogP contribution in [0.5, 0.6) is 0 Å². The fraction of sp³-hybridized carbons (Fsp3) is 0.308. The van der Waals surface area contributed by atoms with Crippen LogP contribution in [0.3, 0.4) is 0 Å². The van der Waals surface area contributed by atoms with E-state index in [9.17, 15) is 0 Å². The third-order valence-electron chi connectivity index (χ3n) is 2.55. The van der Waals surface area contributed by atoms with E-state index in [1.165, 1.54) is 0 Å². The summed E-state index contributed by atoms with van der Waals surface area (Å²) >= 11 is 3.45. The summed E-state index contributed by atoms with van der Waals surface area (Å²) in [7, 11) is 0. The molecule has 94 valence electrons. The lowest BCUT2D eigenvalue weighted by Gasteiger charge is -2.09. The largest absolute Gasteiger partial charge is 0.369 e. The van der Waals surface area contributed by atoms with Crippen molar-refractivity contribution in [3.8, 4) is 11.4 Å². The maximum absolute atomic E-state index is 4.54. The highest BCUT2D eigenvalue weighted by molar-refractivity contribution is 9.10. The lowest BCUT2D eigenvalue weighted by molar-refractivity contribution is 0.963. The molecule has 0 atom stereocenters. The van der Waals surface area contributed by atoms with Gasteiger partial charge in [-0.3, -0.25) is 4.98 Å². The van der Waals surface area contributed by atoms with Crippen molar-refractivity contribution in [1.82, 2.24) is 15.0 Å². The lowest BCUT2D eigenvalue weighted by atomic mass is 10.1. The number of aryl methyl sites for hydroxylation is 1. The van der Waals surface area contributed by atoms with Crippen LogP contribution in [0.2, 0.25) is 0 Å². The maximum Gasteiger partial charge on any atom is 0.161 e. The van der Waals surface area contributed by atoms with Crippen molar-refractivity contribution >= 4 is 21.7 Å². The minimum Gasteiger partial charge on any atom is -0.369 e. The van der Waals surface area contributed by atoms with Gasteiger partial charge < -0.3 is 5.32 Å². The smallest absolute Gasteiger partial charge is 0.161 e. The average molecular weight is 307 g/mol. The van der Waals surface area contributed by atoms with Crippen molar-refractivity contribution in [2.75, 3.05) is 11.9 Å². The van der Waals surface area contributed by atoms with Crippen LogP contribution in [-0.2, 0) is 0 Å². The molecule has 0 aliphatic carbocycles. The van der Waals surface area contributed by atoms with Gasteiger partial charge in [0, 0.05) is 30.7 Å². The van der Waals surface area contributed by atoms with Crippen LogP contribution in [-0.4, -0.2) is 21.5 Å². The van der Waals surface area contributed by atoms with Crippen LogP contribution in [0.15, 0.2) is 29.1 Å². The van der Waals surface area contributed by atoms with Crippen LogP contribution in [0.25, 0.3) is 11.4 Å². The zero-order valence-electron chi connectivity index (χ0n) is 10.4. The number of anilines is 1. The Balaban J connectivity index is 2.38. The third-order valence-corrected chi connectivity index (χ3v) is 3.13. The van der Waals surface area contributed by atoms with Crippen molar-refractivity contribution in [2.45, 2.75) is 20.3 Å². The van der Waals surface area contributed by atoms with Gasteiger partial charge in [-0.05, 0) is 40.9 Å². The zero-order chi connectivity index (χ0) is 13.0. The molecule has 1 N–H and O–H groups in total. The van der Waals surface area contributed by atoms with E-state index < -0.39 is 0 Å². The molecule has 4 nitrogen and oxygen atoms in total. The molecular weight excluding hydrogens is 292 g/mol. The predicted molar refractivity (Wildman–Crippen MR) is 76.5 cm³/mol. The molecule has 0 amide bonds. The monoisotopic (exact) mass is 306 g/mol. The number of nitrogens with zero attached hydrogens (tertiary/aromatic N) is 3. The predicted octanol–water partition coefficient (Wildman–Crippen LogP) is 3.43. The standard InChI is InChI=1S/C13H15BrN4/c1-3-5-16-13-11(14)8-17-12(18-13)10-4-6-15-7-9(10)2/h4,6-8H,3,5H2,1-2H3,(H,16,17,18). The van der Waals surface area contributed by atoms with Gasteiger partial charge in [0.25, 0.3) is 0 Å². The number of rotatable bonds is 4. The molecule has 0 spiro atoms. The molecule has 0 bridgehead atoms. The molecule has 0 aliphatic rings. The Morgan fingerprint density at radius 1 is 1.33 bits per heavy atom. The Labute approximate surface area is 115 Å². The summed E-state index contributed by atoms with van der Waals surface area (Å²) in [6.45, 7) is 5.02. The van der Waals surface area contributed by atoms with Crippen LogP contribution in [0.4, 0.5) is 5.82 Å². The van der Waals surface area contributed by atoms with Crippen molar-refractivity contribution in [3.63, 3.8) is 0 Å². The third kappa shape index (κ3) is 2.85.